The molecule has 2 heterocycles. The Balaban J connectivity index is 1.51. The van der Waals surface area contributed by atoms with Gasteiger partial charge in [0.05, 0.1) is 22.5 Å². The molecule has 0 bridgehead atoms. The molecular formula is C24H21ClF2N6O3. The largest absolute Gasteiger partial charge is 0.476 e. The number of imidazole rings is 1. The first kappa shape index (κ1) is 25.1. The highest BCUT2D eigenvalue weighted by Crippen LogP contribution is 2.30. The van der Waals surface area contributed by atoms with Crippen molar-refractivity contribution in [2.24, 2.45) is 7.05 Å². The first-order chi connectivity index (χ1) is 17.3. The Morgan fingerprint density at radius 1 is 1.22 bits per heavy atom. The van der Waals surface area contributed by atoms with Crippen LogP contribution < -0.4 is 15.4 Å². The summed E-state index contributed by atoms with van der Waals surface area (Å²) in [5.74, 6) is -3.71. The molecule has 12 heteroatoms. The van der Waals surface area contributed by atoms with E-state index < -0.39 is 29.9 Å². The number of ether oxygens (including phenoxy) is 1. The van der Waals surface area contributed by atoms with Crippen LogP contribution in [0.5, 0.6) is 5.75 Å². The van der Waals surface area contributed by atoms with Crippen molar-refractivity contribution in [2.45, 2.75) is 0 Å². The zero-order chi connectivity index (χ0) is 25.8. The molecule has 0 atom stereocenters. The second kappa shape index (κ2) is 10.7. The Labute approximate surface area is 210 Å². The molecule has 1 saturated heterocycles. The second-order valence-electron chi connectivity index (χ2n) is 7.90. The summed E-state index contributed by atoms with van der Waals surface area (Å²) in [6.07, 6.45) is 1.24. The van der Waals surface area contributed by atoms with Crippen LogP contribution in [0.3, 0.4) is 0 Å². The smallest absolute Gasteiger partial charge is 0.291 e. The van der Waals surface area contributed by atoms with Crippen LogP contribution in [0, 0.1) is 23.0 Å². The lowest BCUT2D eigenvalue weighted by molar-refractivity contribution is 0.0736. The number of anilines is 1. The molecule has 9 nitrogen and oxygen atoms in total. The van der Waals surface area contributed by atoms with Gasteiger partial charge >= 0.3 is 0 Å². The van der Waals surface area contributed by atoms with Crippen LogP contribution in [0.2, 0.25) is 5.02 Å². The van der Waals surface area contributed by atoms with E-state index in [1.165, 1.54) is 36.0 Å². The molecule has 1 aliphatic rings. The number of rotatable bonds is 6. The van der Waals surface area contributed by atoms with Gasteiger partial charge in [0.25, 0.3) is 11.8 Å². The van der Waals surface area contributed by atoms with Crippen molar-refractivity contribution in [2.75, 3.05) is 38.1 Å². The summed E-state index contributed by atoms with van der Waals surface area (Å²) in [6.45, 7) is 2.14. The van der Waals surface area contributed by atoms with Gasteiger partial charge < -0.3 is 24.8 Å². The fraction of sp³-hybridized carbons (Fsp3) is 0.250. The predicted octanol–water partition coefficient (Wildman–Crippen LogP) is 3.22. The zero-order valence-electron chi connectivity index (χ0n) is 19.1. The van der Waals surface area contributed by atoms with E-state index in [9.17, 15) is 18.4 Å². The van der Waals surface area contributed by atoms with Gasteiger partial charge in [0, 0.05) is 44.5 Å². The Kier molecular flexibility index (Phi) is 7.47. The SMILES string of the molecule is Cn1c(-c2ccc(OCC#N)c(F)c2F)cnc1C(=O)Nc1ccc(C(=O)N2CCNCC2)c(Cl)c1. The maximum atomic E-state index is 14.7. The lowest BCUT2D eigenvalue weighted by Gasteiger charge is -2.27. The van der Waals surface area contributed by atoms with Crippen LogP contribution in [0.1, 0.15) is 21.0 Å². The Morgan fingerprint density at radius 3 is 2.67 bits per heavy atom. The van der Waals surface area contributed by atoms with Crippen LogP contribution in [-0.2, 0) is 7.05 Å². The van der Waals surface area contributed by atoms with Crippen molar-refractivity contribution in [3.63, 3.8) is 0 Å². The van der Waals surface area contributed by atoms with Gasteiger partial charge in [-0.2, -0.15) is 9.65 Å². The van der Waals surface area contributed by atoms with E-state index in [0.29, 0.717) is 37.4 Å². The topological polar surface area (TPSA) is 112 Å². The average molecular weight is 515 g/mol. The van der Waals surface area contributed by atoms with E-state index in [1.54, 1.807) is 23.1 Å². The van der Waals surface area contributed by atoms with Crippen LogP contribution in [0.25, 0.3) is 11.3 Å². The fourth-order valence-electron chi connectivity index (χ4n) is 3.81. The number of nitrogens with one attached hydrogen (secondary N) is 2. The average Bonchev–Trinajstić information content (AvgIpc) is 3.26. The van der Waals surface area contributed by atoms with Crippen molar-refractivity contribution in [3.05, 3.63) is 64.6 Å². The summed E-state index contributed by atoms with van der Waals surface area (Å²) in [4.78, 5) is 31.3. The number of nitrogens with zero attached hydrogens (tertiary/aromatic N) is 4. The molecule has 0 aliphatic carbocycles. The monoisotopic (exact) mass is 514 g/mol. The van der Waals surface area contributed by atoms with Crippen molar-refractivity contribution in [3.8, 4) is 23.1 Å². The fourth-order valence-corrected chi connectivity index (χ4v) is 4.07. The first-order valence-corrected chi connectivity index (χ1v) is 11.3. The van der Waals surface area contributed by atoms with E-state index in [-0.39, 0.29) is 28.0 Å². The minimum absolute atomic E-state index is 0.0632. The third-order valence-corrected chi connectivity index (χ3v) is 5.98. The Hall–Kier alpha value is -4.01. The quantitative estimate of drug-likeness (QED) is 0.522. The summed E-state index contributed by atoms with van der Waals surface area (Å²) >= 11 is 6.32. The summed E-state index contributed by atoms with van der Waals surface area (Å²) in [5.41, 5.74) is 0.682. The molecule has 1 aromatic heterocycles. The number of benzene rings is 2. The molecular weight excluding hydrogens is 494 g/mol. The molecule has 2 N–H and O–H groups in total. The highest BCUT2D eigenvalue weighted by atomic mass is 35.5. The number of piperazine rings is 1. The molecule has 0 unspecified atom stereocenters. The molecule has 36 heavy (non-hydrogen) atoms. The molecule has 0 saturated carbocycles. The molecule has 186 valence electrons. The predicted molar refractivity (Wildman–Crippen MR) is 128 cm³/mol. The van der Waals surface area contributed by atoms with Crippen LogP contribution in [-0.4, -0.2) is 59.1 Å². The van der Waals surface area contributed by atoms with Gasteiger partial charge in [0.1, 0.15) is 6.07 Å². The number of aromatic nitrogens is 2. The number of hydrogen-bond donors (Lipinski definition) is 2. The normalized spacial score (nSPS) is 13.2. The standard InChI is InChI=1S/C24H21ClF2N6O3/c1-32-18(16-4-5-19(36-11-6-28)21(27)20(16)26)13-30-22(32)23(34)31-14-2-3-15(17(25)12-14)24(35)33-9-7-29-8-10-33/h2-5,12-13,29H,7-11H2,1H3,(H,31,34). The number of carbonyl (C=O) groups is 2. The van der Waals surface area contributed by atoms with E-state index in [2.05, 4.69) is 15.6 Å². The summed E-state index contributed by atoms with van der Waals surface area (Å²) in [6, 6.07) is 8.72. The van der Waals surface area contributed by atoms with E-state index in [0.717, 1.165) is 0 Å². The minimum Gasteiger partial charge on any atom is -0.476 e. The van der Waals surface area contributed by atoms with Crippen molar-refractivity contribution in [1.29, 1.82) is 5.26 Å². The number of nitriles is 1. The number of halogens is 3. The molecule has 0 spiro atoms. The van der Waals surface area contributed by atoms with E-state index in [1.807, 2.05) is 0 Å². The van der Waals surface area contributed by atoms with Crippen LogP contribution in [0.15, 0.2) is 36.5 Å². The minimum atomic E-state index is -1.25. The molecule has 1 aliphatic heterocycles. The molecule has 2 amide bonds. The lowest BCUT2D eigenvalue weighted by atomic mass is 10.1. The summed E-state index contributed by atoms with van der Waals surface area (Å²) < 4.78 is 35.2. The Bertz CT molecular complexity index is 1360. The van der Waals surface area contributed by atoms with Gasteiger partial charge in [-0.15, -0.1) is 0 Å². The number of carbonyl (C=O) groups excluding carboxylic acids is 2. The van der Waals surface area contributed by atoms with Gasteiger partial charge in [-0.1, -0.05) is 11.6 Å². The maximum Gasteiger partial charge on any atom is 0.291 e. The van der Waals surface area contributed by atoms with Gasteiger partial charge in [-0.25, -0.2) is 9.37 Å². The maximum absolute atomic E-state index is 14.7. The highest BCUT2D eigenvalue weighted by molar-refractivity contribution is 6.34. The van der Waals surface area contributed by atoms with Crippen molar-refractivity contribution < 1.29 is 23.1 Å². The van der Waals surface area contributed by atoms with Crippen LogP contribution >= 0.6 is 11.6 Å². The third-order valence-electron chi connectivity index (χ3n) is 5.67. The van der Waals surface area contributed by atoms with Crippen molar-refractivity contribution >= 4 is 29.1 Å². The number of amides is 2. The van der Waals surface area contributed by atoms with Crippen molar-refractivity contribution in [1.82, 2.24) is 19.8 Å². The molecule has 3 aromatic rings. The molecule has 0 radical (unpaired) electrons. The van der Waals surface area contributed by atoms with Gasteiger partial charge in [0.15, 0.2) is 24.0 Å². The summed E-state index contributed by atoms with van der Waals surface area (Å²) in [5, 5.41) is 14.6. The van der Waals surface area contributed by atoms with E-state index in [4.69, 9.17) is 21.6 Å². The number of hydrogen-bond acceptors (Lipinski definition) is 6. The first-order valence-electron chi connectivity index (χ1n) is 10.9. The molecule has 2 aromatic carbocycles. The lowest BCUT2D eigenvalue weighted by Crippen LogP contribution is -2.46. The van der Waals surface area contributed by atoms with Gasteiger partial charge in [0.2, 0.25) is 5.82 Å². The van der Waals surface area contributed by atoms with Crippen LogP contribution in [0.4, 0.5) is 14.5 Å². The van der Waals surface area contributed by atoms with Gasteiger partial charge in [-0.3, -0.25) is 9.59 Å². The highest BCUT2D eigenvalue weighted by Gasteiger charge is 2.23. The second-order valence-corrected chi connectivity index (χ2v) is 8.31. The molecule has 1 fully saturated rings. The Morgan fingerprint density at radius 2 is 1.97 bits per heavy atom. The summed E-state index contributed by atoms with van der Waals surface area (Å²) in [7, 11) is 1.48. The zero-order valence-corrected chi connectivity index (χ0v) is 19.9. The van der Waals surface area contributed by atoms with E-state index >= 15 is 0 Å². The van der Waals surface area contributed by atoms with Gasteiger partial charge in [-0.05, 0) is 30.3 Å². The molecule has 4 rings (SSSR count). The third kappa shape index (κ3) is 5.00.